The normalized spacial score (nSPS) is 15.9. The van der Waals surface area contributed by atoms with E-state index in [9.17, 15) is 9.18 Å². The Balaban J connectivity index is 1.72. The van der Waals surface area contributed by atoms with Gasteiger partial charge in [0, 0.05) is 0 Å². The highest BCUT2D eigenvalue weighted by Crippen LogP contribution is 2.49. The molecule has 3 rings (SSSR count). The van der Waals surface area contributed by atoms with Gasteiger partial charge in [0.15, 0.2) is 0 Å². The van der Waals surface area contributed by atoms with Crippen molar-refractivity contribution in [2.45, 2.75) is 26.2 Å². The van der Waals surface area contributed by atoms with Gasteiger partial charge in [0.1, 0.15) is 10.8 Å². The largest absolute Gasteiger partial charge is 0.316 e. The lowest BCUT2D eigenvalue weighted by Crippen LogP contribution is -2.26. The molecule has 1 fully saturated rings. The number of anilines is 1. The summed E-state index contributed by atoms with van der Waals surface area (Å²) in [5.41, 5.74) is 0.167. The molecule has 0 spiro atoms. The maximum Gasteiger partial charge on any atom is 0.231 e. The average molecular weight is 290 g/mol. The highest BCUT2D eigenvalue weighted by molar-refractivity contribution is 7.15. The Labute approximate surface area is 120 Å². The van der Waals surface area contributed by atoms with Crippen LogP contribution in [-0.4, -0.2) is 10.9 Å². The quantitative estimate of drug-likeness (QED) is 0.935. The first-order valence-electron chi connectivity index (χ1n) is 6.56. The van der Waals surface area contributed by atoms with Crippen molar-refractivity contribution in [1.82, 2.24) is 4.98 Å². The van der Waals surface area contributed by atoms with E-state index >= 15 is 0 Å². The van der Waals surface area contributed by atoms with Crippen LogP contribution >= 0.6 is 11.3 Å². The number of carbonyl (C=O) groups excluding carboxylic acids is 1. The fourth-order valence-electron chi connectivity index (χ4n) is 2.30. The number of halogens is 1. The summed E-state index contributed by atoms with van der Waals surface area (Å²) >= 11 is 1.45. The van der Waals surface area contributed by atoms with Crippen LogP contribution in [0.1, 0.15) is 23.4 Å². The molecule has 20 heavy (non-hydrogen) atoms. The van der Waals surface area contributed by atoms with Gasteiger partial charge in [-0.3, -0.25) is 4.79 Å². The topological polar surface area (TPSA) is 42.0 Å². The lowest BCUT2D eigenvalue weighted by Gasteiger charge is -2.14. The molecule has 1 aromatic carbocycles. The second-order valence-electron chi connectivity index (χ2n) is 5.25. The van der Waals surface area contributed by atoms with E-state index in [0.29, 0.717) is 12.0 Å². The number of rotatable bonds is 4. The number of benzene rings is 1. The summed E-state index contributed by atoms with van der Waals surface area (Å²) in [5, 5.41) is 4.57. The predicted octanol–water partition coefficient (Wildman–Crippen LogP) is 3.55. The number of carbonyl (C=O) groups is 1. The lowest BCUT2D eigenvalue weighted by atomic mass is 9.95. The van der Waals surface area contributed by atoms with E-state index in [-0.39, 0.29) is 11.7 Å². The van der Waals surface area contributed by atoms with Crippen molar-refractivity contribution in [3.63, 3.8) is 0 Å². The van der Waals surface area contributed by atoms with Crippen molar-refractivity contribution < 1.29 is 9.18 Å². The SMILES string of the molecule is Cc1ncc(NC(=O)C2(Cc3ccccc3F)CC2)s1. The molecule has 1 aliphatic carbocycles. The molecule has 0 bridgehead atoms. The maximum absolute atomic E-state index is 13.7. The molecule has 1 saturated carbocycles. The average Bonchev–Trinajstić information content (AvgIpc) is 3.10. The maximum atomic E-state index is 13.7. The van der Waals surface area contributed by atoms with Crippen molar-refractivity contribution in [1.29, 1.82) is 0 Å². The molecule has 104 valence electrons. The van der Waals surface area contributed by atoms with E-state index in [1.807, 2.05) is 6.92 Å². The van der Waals surface area contributed by atoms with Crippen molar-refractivity contribution in [3.8, 4) is 0 Å². The second kappa shape index (κ2) is 4.98. The Morgan fingerprint density at radius 3 is 2.80 bits per heavy atom. The van der Waals surface area contributed by atoms with Crippen molar-refractivity contribution in [2.24, 2.45) is 5.41 Å². The molecule has 1 amide bonds. The van der Waals surface area contributed by atoms with Gasteiger partial charge in [0.2, 0.25) is 5.91 Å². The highest BCUT2D eigenvalue weighted by atomic mass is 32.1. The third kappa shape index (κ3) is 2.58. The number of nitrogens with one attached hydrogen (secondary N) is 1. The zero-order valence-electron chi connectivity index (χ0n) is 11.1. The van der Waals surface area contributed by atoms with Crippen LogP contribution in [0.25, 0.3) is 0 Å². The first kappa shape index (κ1) is 13.2. The summed E-state index contributed by atoms with van der Waals surface area (Å²) in [4.78, 5) is 16.5. The van der Waals surface area contributed by atoms with E-state index < -0.39 is 5.41 Å². The zero-order chi connectivity index (χ0) is 14.2. The summed E-state index contributed by atoms with van der Waals surface area (Å²) in [5.74, 6) is -0.260. The van der Waals surface area contributed by atoms with Crippen LogP contribution in [-0.2, 0) is 11.2 Å². The molecule has 0 saturated heterocycles. The number of aryl methyl sites for hydroxylation is 1. The number of nitrogens with zero attached hydrogens (tertiary/aromatic N) is 1. The molecule has 1 aromatic heterocycles. The van der Waals surface area contributed by atoms with Crippen molar-refractivity contribution in [2.75, 3.05) is 5.32 Å². The Bertz CT molecular complexity index is 649. The molecule has 1 heterocycles. The monoisotopic (exact) mass is 290 g/mol. The molecule has 2 aromatic rings. The summed E-state index contributed by atoms with van der Waals surface area (Å²) in [6.45, 7) is 1.90. The van der Waals surface area contributed by atoms with Crippen molar-refractivity contribution >= 4 is 22.2 Å². The van der Waals surface area contributed by atoms with E-state index in [2.05, 4.69) is 10.3 Å². The fraction of sp³-hybridized carbons (Fsp3) is 0.333. The Kier molecular flexibility index (Phi) is 3.30. The van der Waals surface area contributed by atoms with Crippen LogP contribution in [0.4, 0.5) is 9.39 Å². The number of amides is 1. The van der Waals surface area contributed by atoms with Crippen LogP contribution in [0.3, 0.4) is 0 Å². The first-order chi connectivity index (χ1) is 9.59. The zero-order valence-corrected chi connectivity index (χ0v) is 12.0. The van der Waals surface area contributed by atoms with Crippen LogP contribution in [0.15, 0.2) is 30.5 Å². The molecule has 0 radical (unpaired) electrons. The van der Waals surface area contributed by atoms with Crippen LogP contribution < -0.4 is 5.32 Å². The summed E-state index contributed by atoms with van der Waals surface area (Å²) in [7, 11) is 0. The summed E-state index contributed by atoms with van der Waals surface area (Å²) < 4.78 is 13.7. The standard InChI is InChI=1S/C15H15FN2OS/c1-10-17-9-13(20-10)18-14(19)15(6-7-15)8-11-4-2-3-5-12(11)16/h2-5,9H,6-8H2,1H3,(H,18,19). The van der Waals surface area contributed by atoms with E-state index in [1.165, 1.54) is 17.4 Å². The third-order valence-corrected chi connectivity index (χ3v) is 4.51. The molecule has 1 aliphatic rings. The van der Waals surface area contributed by atoms with Crippen LogP contribution in [0, 0.1) is 18.2 Å². The number of thiazole rings is 1. The lowest BCUT2D eigenvalue weighted by molar-refractivity contribution is -0.121. The minimum Gasteiger partial charge on any atom is -0.316 e. The molecule has 3 nitrogen and oxygen atoms in total. The van der Waals surface area contributed by atoms with Gasteiger partial charge in [-0.2, -0.15) is 0 Å². The molecule has 0 unspecified atom stereocenters. The predicted molar refractivity (Wildman–Crippen MR) is 77.3 cm³/mol. The minimum atomic E-state index is -0.444. The van der Waals surface area contributed by atoms with E-state index in [0.717, 1.165) is 22.9 Å². The Morgan fingerprint density at radius 1 is 1.45 bits per heavy atom. The summed E-state index contributed by atoms with van der Waals surface area (Å²) in [6.07, 6.45) is 3.75. The van der Waals surface area contributed by atoms with Gasteiger partial charge in [-0.25, -0.2) is 9.37 Å². The van der Waals surface area contributed by atoms with Gasteiger partial charge in [-0.15, -0.1) is 11.3 Å². The molecule has 0 aliphatic heterocycles. The van der Waals surface area contributed by atoms with Gasteiger partial charge < -0.3 is 5.32 Å². The number of hydrogen-bond donors (Lipinski definition) is 1. The summed E-state index contributed by atoms with van der Waals surface area (Å²) in [6, 6.07) is 6.66. The van der Waals surface area contributed by atoms with E-state index in [4.69, 9.17) is 0 Å². The van der Waals surface area contributed by atoms with Crippen molar-refractivity contribution in [3.05, 3.63) is 46.9 Å². The highest BCUT2D eigenvalue weighted by Gasteiger charge is 2.50. The third-order valence-electron chi connectivity index (χ3n) is 3.68. The van der Waals surface area contributed by atoms with Gasteiger partial charge >= 0.3 is 0 Å². The second-order valence-corrected chi connectivity index (χ2v) is 6.48. The number of hydrogen-bond acceptors (Lipinski definition) is 3. The molecular weight excluding hydrogens is 275 g/mol. The van der Waals surface area contributed by atoms with Crippen LogP contribution in [0.2, 0.25) is 0 Å². The van der Waals surface area contributed by atoms with E-state index in [1.54, 1.807) is 24.4 Å². The minimum absolute atomic E-state index is 0.0237. The van der Waals surface area contributed by atoms with Gasteiger partial charge in [0.05, 0.1) is 16.6 Å². The van der Waals surface area contributed by atoms with Crippen LogP contribution in [0.5, 0.6) is 0 Å². The smallest absolute Gasteiger partial charge is 0.231 e. The van der Waals surface area contributed by atoms with Gasteiger partial charge in [0.25, 0.3) is 0 Å². The number of aromatic nitrogens is 1. The Hall–Kier alpha value is -1.75. The molecule has 0 atom stereocenters. The van der Waals surface area contributed by atoms with Gasteiger partial charge in [-0.05, 0) is 37.8 Å². The Morgan fingerprint density at radius 2 is 2.20 bits per heavy atom. The van der Waals surface area contributed by atoms with Gasteiger partial charge in [-0.1, -0.05) is 18.2 Å². The molecule has 1 N–H and O–H groups in total. The fourth-order valence-corrected chi connectivity index (χ4v) is 2.98. The first-order valence-corrected chi connectivity index (χ1v) is 7.38. The molecule has 5 heteroatoms. The molecular formula is C15H15FN2OS.